The summed E-state index contributed by atoms with van der Waals surface area (Å²) in [5, 5.41) is 3.84. The molecule has 1 atom stereocenters. The number of nitrogens with one attached hydrogen (secondary N) is 1. The predicted molar refractivity (Wildman–Crippen MR) is 93.5 cm³/mol. The van der Waals surface area contributed by atoms with E-state index in [1.165, 1.54) is 17.4 Å². The molecule has 0 bridgehead atoms. The van der Waals surface area contributed by atoms with Crippen LogP contribution in [0.25, 0.3) is 0 Å². The molecule has 3 heterocycles. The van der Waals surface area contributed by atoms with E-state index >= 15 is 0 Å². The number of amides is 1. The highest BCUT2D eigenvalue weighted by Crippen LogP contribution is 2.25. The van der Waals surface area contributed by atoms with Gasteiger partial charge in [-0.2, -0.15) is 0 Å². The summed E-state index contributed by atoms with van der Waals surface area (Å²) in [6.07, 6.45) is 2.34. The lowest BCUT2D eigenvalue weighted by Gasteiger charge is -2.18. The van der Waals surface area contributed by atoms with E-state index in [0.717, 1.165) is 17.2 Å². The second-order valence-electron chi connectivity index (χ2n) is 6.02. The van der Waals surface area contributed by atoms with Gasteiger partial charge >= 0.3 is 0 Å². The quantitative estimate of drug-likeness (QED) is 0.915. The number of nitrogens with zero attached hydrogens (tertiary/aromatic N) is 4. The molecule has 1 fully saturated rings. The summed E-state index contributed by atoms with van der Waals surface area (Å²) in [5.74, 6) is -0.108. The zero-order chi connectivity index (χ0) is 17.3. The maximum atomic E-state index is 13.8. The Bertz CT molecular complexity index is 748. The van der Waals surface area contributed by atoms with E-state index < -0.39 is 0 Å². The Labute approximate surface area is 144 Å². The van der Waals surface area contributed by atoms with Gasteiger partial charge in [0.25, 0.3) is 5.91 Å². The molecule has 0 spiro atoms. The van der Waals surface area contributed by atoms with E-state index in [-0.39, 0.29) is 17.8 Å². The number of hydrogen-bond donors (Lipinski definition) is 1. The molecule has 1 N–H and O–H groups in total. The Hall–Kier alpha value is -2.22. The first-order valence-electron chi connectivity index (χ1n) is 7.76. The molecule has 6 nitrogen and oxygen atoms in total. The monoisotopic (exact) mass is 349 g/mol. The van der Waals surface area contributed by atoms with Crippen LogP contribution in [-0.2, 0) is 0 Å². The standard InChI is InChI=1S/C16H20FN5OS/c1-10-13(24-16(19-10)21(2)3)15(23)20-11-6-8-22(9-11)14-12(17)5-4-7-18-14/h4-5,7,11H,6,8-9H2,1-3H3,(H,20,23). The minimum absolute atomic E-state index is 0.0248. The molecule has 1 unspecified atom stereocenters. The Morgan fingerprint density at radius 3 is 2.96 bits per heavy atom. The molecule has 0 radical (unpaired) electrons. The maximum Gasteiger partial charge on any atom is 0.263 e. The first-order valence-corrected chi connectivity index (χ1v) is 8.58. The summed E-state index contributed by atoms with van der Waals surface area (Å²) in [5.41, 5.74) is 0.729. The lowest BCUT2D eigenvalue weighted by Crippen LogP contribution is -2.37. The average molecular weight is 349 g/mol. The van der Waals surface area contributed by atoms with Crippen LogP contribution < -0.4 is 15.1 Å². The van der Waals surface area contributed by atoms with Crippen LogP contribution in [0.1, 0.15) is 21.8 Å². The Morgan fingerprint density at radius 2 is 2.29 bits per heavy atom. The fourth-order valence-electron chi connectivity index (χ4n) is 2.72. The summed E-state index contributed by atoms with van der Waals surface area (Å²) in [6, 6.07) is 2.95. The smallest absolute Gasteiger partial charge is 0.263 e. The largest absolute Gasteiger partial charge is 0.354 e. The first-order chi connectivity index (χ1) is 11.5. The number of aromatic nitrogens is 2. The van der Waals surface area contributed by atoms with Crippen LogP contribution in [0.4, 0.5) is 15.3 Å². The van der Waals surface area contributed by atoms with Crippen LogP contribution in [0.15, 0.2) is 18.3 Å². The minimum Gasteiger partial charge on any atom is -0.354 e. The summed E-state index contributed by atoms with van der Waals surface area (Å²) >= 11 is 1.38. The van der Waals surface area contributed by atoms with Crippen molar-refractivity contribution in [2.75, 3.05) is 37.0 Å². The van der Waals surface area contributed by atoms with E-state index in [1.807, 2.05) is 30.8 Å². The second kappa shape index (κ2) is 6.72. The number of hydrogen-bond acceptors (Lipinski definition) is 6. The Balaban J connectivity index is 1.65. The minimum atomic E-state index is -0.335. The number of carbonyl (C=O) groups is 1. The van der Waals surface area contributed by atoms with Gasteiger partial charge in [0.2, 0.25) is 0 Å². The highest BCUT2D eigenvalue weighted by atomic mass is 32.1. The van der Waals surface area contributed by atoms with Gasteiger partial charge < -0.3 is 15.1 Å². The van der Waals surface area contributed by atoms with E-state index in [9.17, 15) is 9.18 Å². The molecule has 8 heteroatoms. The van der Waals surface area contributed by atoms with E-state index in [2.05, 4.69) is 15.3 Å². The number of carbonyl (C=O) groups excluding carboxylic acids is 1. The van der Waals surface area contributed by atoms with Crippen molar-refractivity contribution in [1.82, 2.24) is 15.3 Å². The van der Waals surface area contributed by atoms with Crippen LogP contribution in [0, 0.1) is 12.7 Å². The van der Waals surface area contributed by atoms with Crippen molar-refractivity contribution in [2.24, 2.45) is 0 Å². The molecule has 24 heavy (non-hydrogen) atoms. The third kappa shape index (κ3) is 3.33. The Kier molecular flexibility index (Phi) is 4.66. The molecule has 0 aromatic carbocycles. The third-order valence-electron chi connectivity index (χ3n) is 3.94. The van der Waals surface area contributed by atoms with Crippen molar-refractivity contribution < 1.29 is 9.18 Å². The topological polar surface area (TPSA) is 61.4 Å². The molecular weight excluding hydrogens is 329 g/mol. The van der Waals surface area contributed by atoms with Gasteiger partial charge in [-0.15, -0.1) is 0 Å². The van der Waals surface area contributed by atoms with Gasteiger partial charge in [0.05, 0.1) is 5.69 Å². The molecule has 0 saturated carbocycles. The van der Waals surface area contributed by atoms with Gasteiger partial charge in [-0.25, -0.2) is 14.4 Å². The van der Waals surface area contributed by atoms with E-state index in [1.54, 1.807) is 12.3 Å². The van der Waals surface area contributed by atoms with Crippen molar-refractivity contribution in [1.29, 1.82) is 0 Å². The molecule has 2 aromatic rings. The molecule has 1 aliphatic heterocycles. The van der Waals surface area contributed by atoms with Crippen molar-refractivity contribution in [2.45, 2.75) is 19.4 Å². The van der Waals surface area contributed by atoms with Gasteiger partial charge in [0.1, 0.15) is 4.88 Å². The zero-order valence-electron chi connectivity index (χ0n) is 13.9. The van der Waals surface area contributed by atoms with E-state index in [0.29, 0.717) is 23.8 Å². The molecule has 1 amide bonds. The maximum absolute atomic E-state index is 13.8. The van der Waals surface area contributed by atoms with Crippen LogP contribution in [0.3, 0.4) is 0 Å². The molecule has 0 aliphatic carbocycles. The normalized spacial score (nSPS) is 17.2. The van der Waals surface area contributed by atoms with Crippen molar-refractivity contribution in [3.05, 3.63) is 34.7 Å². The first kappa shape index (κ1) is 16.6. The average Bonchev–Trinajstić information content (AvgIpc) is 3.14. The number of thiazole rings is 1. The lowest BCUT2D eigenvalue weighted by molar-refractivity contribution is 0.0943. The third-order valence-corrected chi connectivity index (χ3v) is 5.26. The van der Waals surface area contributed by atoms with Crippen LogP contribution in [0.2, 0.25) is 0 Å². The summed E-state index contributed by atoms with van der Waals surface area (Å²) in [6.45, 7) is 3.06. The van der Waals surface area contributed by atoms with Crippen LogP contribution >= 0.6 is 11.3 Å². The van der Waals surface area contributed by atoms with Gasteiger partial charge in [0, 0.05) is 39.4 Å². The SMILES string of the molecule is Cc1nc(N(C)C)sc1C(=O)NC1CCN(c2ncccc2F)C1. The fraction of sp³-hybridized carbons (Fsp3) is 0.438. The van der Waals surface area contributed by atoms with Gasteiger partial charge in [-0.3, -0.25) is 4.79 Å². The van der Waals surface area contributed by atoms with Crippen molar-refractivity contribution in [3.8, 4) is 0 Å². The number of pyridine rings is 1. The molecule has 3 rings (SSSR count). The van der Waals surface area contributed by atoms with Crippen molar-refractivity contribution >= 4 is 28.2 Å². The van der Waals surface area contributed by atoms with Gasteiger partial charge in [-0.05, 0) is 25.5 Å². The summed E-state index contributed by atoms with van der Waals surface area (Å²) in [4.78, 5) is 25.4. The number of halogens is 1. The number of anilines is 2. The molecular formula is C16H20FN5OS. The highest BCUT2D eigenvalue weighted by molar-refractivity contribution is 7.17. The number of rotatable bonds is 4. The van der Waals surface area contributed by atoms with Crippen LogP contribution in [0.5, 0.6) is 0 Å². The van der Waals surface area contributed by atoms with Gasteiger partial charge in [0.15, 0.2) is 16.8 Å². The molecule has 2 aromatic heterocycles. The predicted octanol–water partition coefficient (Wildman–Crippen LogP) is 2.06. The van der Waals surface area contributed by atoms with Gasteiger partial charge in [-0.1, -0.05) is 11.3 Å². The zero-order valence-corrected chi connectivity index (χ0v) is 14.7. The van der Waals surface area contributed by atoms with Crippen molar-refractivity contribution in [3.63, 3.8) is 0 Å². The highest BCUT2D eigenvalue weighted by Gasteiger charge is 2.28. The lowest BCUT2D eigenvalue weighted by atomic mass is 10.2. The Morgan fingerprint density at radius 1 is 1.50 bits per heavy atom. The molecule has 128 valence electrons. The summed E-state index contributed by atoms with van der Waals surface area (Å²) in [7, 11) is 3.80. The molecule has 1 saturated heterocycles. The van der Waals surface area contributed by atoms with E-state index in [4.69, 9.17) is 0 Å². The number of aryl methyl sites for hydroxylation is 1. The fourth-order valence-corrected chi connectivity index (χ4v) is 3.61. The van der Waals surface area contributed by atoms with Crippen LogP contribution in [-0.4, -0.2) is 49.1 Å². The second-order valence-corrected chi connectivity index (χ2v) is 7.00. The summed E-state index contributed by atoms with van der Waals surface area (Å²) < 4.78 is 13.8. The molecule has 1 aliphatic rings.